The van der Waals surface area contributed by atoms with E-state index in [0.29, 0.717) is 22.7 Å². The van der Waals surface area contributed by atoms with Gasteiger partial charge in [-0.2, -0.15) is 0 Å². The van der Waals surface area contributed by atoms with Gasteiger partial charge in [-0.1, -0.05) is 35.9 Å². The Bertz CT molecular complexity index is 1290. The number of rotatable bonds is 6. The van der Waals surface area contributed by atoms with E-state index in [2.05, 4.69) is 20.5 Å². The van der Waals surface area contributed by atoms with Crippen molar-refractivity contribution in [1.82, 2.24) is 15.2 Å². The second-order valence-electron chi connectivity index (χ2n) is 8.80. The molecule has 1 fully saturated rings. The van der Waals surface area contributed by atoms with Crippen LogP contribution in [0.25, 0.3) is 22.8 Å². The van der Waals surface area contributed by atoms with E-state index in [1.165, 1.54) is 12.8 Å². The van der Waals surface area contributed by atoms with Crippen LogP contribution in [-0.4, -0.2) is 47.9 Å². The largest absolute Gasteiger partial charge is 0.361 e. The van der Waals surface area contributed by atoms with Crippen molar-refractivity contribution in [3.63, 3.8) is 0 Å². The molecule has 0 unspecified atom stereocenters. The van der Waals surface area contributed by atoms with Crippen LogP contribution in [0.2, 0.25) is 5.02 Å². The highest BCUT2D eigenvalue weighted by Crippen LogP contribution is 2.41. The van der Waals surface area contributed by atoms with Gasteiger partial charge in [0.05, 0.1) is 11.1 Å². The summed E-state index contributed by atoms with van der Waals surface area (Å²) < 4.78 is 0. The molecule has 0 atom stereocenters. The molecule has 34 heavy (non-hydrogen) atoms. The van der Waals surface area contributed by atoms with Crippen LogP contribution in [0.1, 0.15) is 40.0 Å². The van der Waals surface area contributed by atoms with Gasteiger partial charge in [0.25, 0.3) is 11.8 Å². The van der Waals surface area contributed by atoms with Crippen LogP contribution < -0.4 is 10.6 Å². The fourth-order valence-electron chi connectivity index (χ4n) is 4.75. The van der Waals surface area contributed by atoms with E-state index in [9.17, 15) is 9.59 Å². The molecule has 3 aromatic rings. The summed E-state index contributed by atoms with van der Waals surface area (Å²) in [4.78, 5) is 31.2. The third kappa shape index (κ3) is 4.39. The number of H-pyrrole nitrogens is 1. The van der Waals surface area contributed by atoms with E-state index in [4.69, 9.17) is 11.6 Å². The first-order valence-electron chi connectivity index (χ1n) is 11.6. The fourth-order valence-corrected chi connectivity index (χ4v) is 4.95. The number of aromatic nitrogens is 1. The topological polar surface area (TPSA) is 77.2 Å². The van der Waals surface area contributed by atoms with E-state index in [1.54, 1.807) is 6.20 Å². The van der Waals surface area contributed by atoms with E-state index >= 15 is 0 Å². The molecule has 6 nitrogen and oxygen atoms in total. The van der Waals surface area contributed by atoms with E-state index in [1.807, 2.05) is 55.5 Å². The Balaban J connectivity index is 1.41. The van der Waals surface area contributed by atoms with Gasteiger partial charge in [-0.25, -0.2) is 0 Å². The number of likely N-dealkylation sites (tertiary alicyclic amines) is 1. The monoisotopic (exact) mass is 474 g/mol. The van der Waals surface area contributed by atoms with Crippen molar-refractivity contribution in [1.29, 1.82) is 0 Å². The molecule has 7 heteroatoms. The SMILES string of the molecule is Cc1c(C(=O)NCCN2CCCC2)c[nH]c1C=C1C(=O)Nc2cccc(-c3cccc(Cl)c3)c21. The minimum atomic E-state index is -0.171. The number of carbonyl (C=O) groups is 2. The van der Waals surface area contributed by atoms with Crippen molar-refractivity contribution in [3.8, 4) is 11.1 Å². The second-order valence-corrected chi connectivity index (χ2v) is 9.23. The molecule has 3 heterocycles. The molecule has 1 aromatic heterocycles. The van der Waals surface area contributed by atoms with E-state index in [-0.39, 0.29) is 11.8 Å². The molecule has 0 aliphatic carbocycles. The predicted molar refractivity (Wildman–Crippen MR) is 137 cm³/mol. The van der Waals surface area contributed by atoms with Gasteiger partial charge in [0.15, 0.2) is 0 Å². The molecule has 3 N–H and O–H groups in total. The van der Waals surface area contributed by atoms with Gasteiger partial charge in [0.2, 0.25) is 0 Å². The first-order valence-corrected chi connectivity index (χ1v) is 12.0. The van der Waals surface area contributed by atoms with Gasteiger partial charge in [0, 0.05) is 41.3 Å². The summed E-state index contributed by atoms with van der Waals surface area (Å²) in [5, 5.41) is 6.62. The number of halogens is 1. The Morgan fingerprint density at radius 3 is 2.76 bits per heavy atom. The molecule has 0 bridgehead atoms. The molecule has 2 aliphatic rings. The fraction of sp³-hybridized carbons (Fsp3) is 0.259. The molecule has 2 aromatic carbocycles. The molecule has 2 amide bonds. The molecule has 0 saturated carbocycles. The smallest absolute Gasteiger partial charge is 0.256 e. The highest BCUT2D eigenvalue weighted by molar-refractivity contribution is 6.36. The maximum absolute atomic E-state index is 12.9. The van der Waals surface area contributed by atoms with Crippen LogP contribution >= 0.6 is 11.6 Å². The number of hydrogen-bond donors (Lipinski definition) is 3. The van der Waals surface area contributed by atoms with E-state index < -0.39 is 0 Å². The van der Waals surface area contributed by atoms with Crippen molar-refractivity contribution in [3.05, 3.63) is 76.1 Å². The molecule has 1 saturated heterocycles. The Morgan fingerprint density at radius 2 is 1.97 bits per heavy atom. The van der Waals surface area contributed by atoms with Crippen LogP contribution in [0.15, 0.2) is 48.7 Å². The second kappa shape index (κ2) is 9.49. The van der Waals surface area contributed by atoms with Gasteiger partial charge in [0.1, 0.15) is 0 Å². The summed E-state index contributed by atoms with van der Waals surface area (Å²) in [6, 6.07) is 13.4. The lowest BCUT2D eigenvalue weighted by molar-refractivity contribution is -0.110. The lowest BCUT2D eigenvalue weighted by Gasteiger charge is -2.14. The molecule has 0 radical (unpaired) electrons. The molecule has 0 spiro atoms. The number of hydrogen-bond acceptors (Lipinski definition) is 3. The van der Waals surface area contributed by atoms with Gasteiger partial charge in [-0.3, -0.25) is 9.59 Å². The average molecular weight is 475 g/mol. The minimum absolute atomic E-state index is 0.103. The Kier molecular flexibility index (Phi) is 6.26. The third-order valence-electron chi connectivity index (χ3n) is 6.59. The maximum atomic E-state index is 12.9. The van der Waals surface area contributed by atoms with Crippen LogP contribution in [0.5, 0.6) is 0 Å². The highest BCUT2D eigenvalue weighted by Gasteiger charge is 2.28. The first kappa shape index (κ1) is 22.4. The predicted octanol–water partition coefficient (Wildman–Crippen LogP) is 4.96. The van der Waals surface area contributed by atoms with Crippen LogP contribution in [0.3, 0.4) is 0 Å². The van der Waals surface area contributed by atoms with Crippen molar-refractivity contribution in [2.75, 3.05) is 31.5 Å². The quantitative estimate of drug-likeness (QED) is 0.442. The number of benzene rings is 2. The van der Waals surface area contributed by atoms with Gasteiger partial charge in [-0.15, -0.1) is 0 Å². The van der Waals surface area contributed by atoms with Crippen molar-refractivity contribution in [2.45, 2.75) is 19.8 Å². The van der Waals surface area contributed by atoms with Crippen molar-refractivity contribution >= 4 is 40.8 Å². The number of nitrogens with one attached hydrogen (secondary N) is 3. The number of nitrogens with zero attached hydrogens (tertiary/aromatic N) is 1. The van der Waals surface area contributed by atoms with Gasteiger partial charge in [-0.05, 0) is 73.8 Å². The standard InChI is InChI=1S/C27H27ClN4O2/c1-17-22(26(33)29-10-13-32-11-2-3-12-32)16-30-24(17)15-21-25-20(18-6-4-7-19(28)14-18)8-5-9-23(25)31-27(21)34/h4-9,14-16,30H,2-3,10-13H2,1H3,(H,29,33)(H,31,34). The molecule has 5 rings (SSSR count). The summed E-state index contributed by atoms with van der Waals surface area (Å²) >= 11 is 6.22. The van der Waals surface area contributed by atoms with Gasteiger partial charge < -0.3 is 20.5 Å². The summed E-state index contributed by atoms with van der Waals surface area (Å²) in [5.74, 6) is -0.274. The Hall–Kier alpha value is -3.35. The minimum Gasteiger partial charge on any atom is -0.361 e. The third-order valence-corrected chi connectivity index (χ3v) is 6.82. The Labute approximate surface area is 204 Å². The lowest BCUT2D eigenvalue weighted by Crippen LogP contribution is -2.33. The van der Waals surface area contributed by atoms with Crippen LogP contribution in [0, 0.1) is 6.92 Å². The zero-order valence-electron chi connectivity index (χ0n) is 19.1. The number of amides is 2. The summed E-state index contributed by atoms with van der Waals surface area (Å²) in [7, 11) is 0. The van der Waals surface area contributed by atoms with Crippen LogP contribution in [0.4, 0.5) is 5.69 Å². The molecular weight excluding hydrogens is 448 g/mol. The van der Waals surface area contributed by atoms with Crippen LogP contribution in [-0.2, 0) is 4.79 Å². The number of carbonyl (C=O) groups excluding carboxylic acids is 2. The number of aromatic amines is 1. The number of fused-ring (bicyclic) bond motifs is 1. The zero-order chi connectivity index (χ0) is 23.7. The lowest BCUT2D eigenvalue weighted by atomic mass is 9.94. The van der Waals surface area contributed by atoms with Crippen molar-refractivity contribution in [2.24, 2.45) is 0 Å². The summed E-state index contributed by atoms with van der Waals surface area (Å²) in [6.45, 7) is 5.61. The highest BCUT2D eigenvalue weighted by atomic mass is 35.5. The van der Waals surface area contributed by atoms with Crippen molar-refractivity contribution < 1.29 is 9.59 Å². The maximum Gasteiger partial charge on any atom is 0.256 e. The van der Waals surface area contributed by atoms with Gasteiger partial charge >= 0.3 is 0 Å². The molecule has 174 valence electrons. The normalized spacial score (nSPS) is 16.6. The summed E-state index contributed by atoms with van der Waals surface area (Å²) in [5.41, 5.74) is 6.16. The summed E-state index contributed by atoms with van der Waals surface area (Å²) in [6.07, 6.45) is 6.01. The average Bonchev–Trinajstić information content (AvgIpc) is 3.54. The zero-order valence-corrected chi connectivity index (χ0v) is 19.8. The first-order chi connectivity index (χ1) is 16.5. The molecular formula is C27H27ClN4O2. The Morgan fingerprint density at radius 1 is 1.18 bits per heavy atom. The van der Waals surface area contributed by atoms with E-state index in [0.717, 1.165) is 53.3 Å². The molecule has 2 aliphatic heterocycles. The number of anilines is 1.